The minimum Gasteiger partial charge on any atom is -0.255 e. The van der Waals surface area contributed by atoms with Crippen molar-refractivity contribution in [2.45, 2.75) is 6.42 Å². The van der Waals surface area contributed by atoms with Gasteiger partial charge in [-0.1, -0.05) is 10.4 Å². The first-order valence-corrected chi connectivity index (χ1v) is 3.42. The molecule has 12 heavy (non-hydrogen) atoms. The molecule has 0 saturated carbocycles. The second-order valence-electron chi connectivity index (χ2n) is 2.39. The molecule has 0 aromatic carbocycles. The van der Waals surface area contributed by atoms with Crippen LogP contribution >= 0.6 is 0 Å². The van der Waals surface area contributed by atoms with Gasteiger partial charge in [0.15, 0.2) is 5.82 Å². The molecule has 0 amide bonds. The molecule has 2 aromatic rings. The fraction of sp³-hybridized carbons (Fsp3) is 0.400. The van der Waals surface area contributed by atoms with Gasteiger partial charge in [0.2, 0.25) is 0 Å². The maximum atomic E-state index is 3.88. The minimum atomic E-state index is 0.560. The lowest BCUT2D eigenvalue weighted by Crippen LogP contribution is -1.91. The molecule has 0 radical (unpaired) electrons. The van der Waals surface area contributed by atoms with Crippen LogP contribution in [0.5, 0.6) is 0 Å². The minimum absolute atomic E-state index is 0.560. The zero-order chi connectivity index (χ0) is 8.39. The lowest BCUT2D eigenvalue weighted by Gasteiger charge is -1.84. The first-order valence-electron chi connectivity index (χ1n) is 3.42. The highest BCUT2D eigenvalue weighted by molar-refractivity contribution is 5.00. The zero-order valence-electron chi connectivity index (χ0n) is 6.47. The van der Waals surface area contributed by atoms with Gasteiger partial charge in [0.25, 0.3) is 0 Å². The topological polar surface area (TPSA) is 85.2 Å². The third-order valence-corrected chi connectivity index (χ3v) is 1.38. The van der Waals surface area contributed by atoms with Crippen molar-refractivity contribution < 1.29 is 0 Å². The monoisotopic (exact) mass is 165 g/mol. The van der Waals surface area contributed by atoms with E-state index in [1.807, 2.05) is 13.2 Å². The standard InChI is InChI=1S/C5H7N7/c1-12-3-4(6-11-12)2-5-7-9-10-8-5/h3H,2H2,1H3,(H,7,8,9,10). The number of tetrazole rings is 1. The summed E-state index contributed by atoms with van der Waals surface area (Å²) in [6.45, 7) is 0. The van der Waals surface area contributed by atoms with E-state index in [9.17, 15) is 0 Å². The number of H-pyrrole nitrogens is 1. The van der Waals surface area contributed by atoms with Crippen molar-refractivity contribution in [3.8, 4) is 0 Å². The quantitative estimate of drug-likeness (QED) is 0.611. The largest absolute Gasteiger partial charge is 0.255 e. The van der Waals surface area contributed by atoms with Gasteiger partial charge >= 0.3 is 0 Å². The van der Waals surface area contributed by atoms with E-state index in [0.29, 0.717) is 12.2 Å². The smallest absolute Gasteiger partial charge is 0.180 e. The van der Waals surface area contributed by atoms with E-state index in [4.69, 9.17) is 0 Å². The lowest BCUT2D eigenvalue weighted by molar-refractivity contribution is 0.713. The van der Waals surface area contributed by atoms with Crippen LogP contribution in [0.15, 0.2) is 6.20 Å². The predicted molar refractivity (Wildman–Crippen MR) is 38.0 cm³/mol. The Kier molecular flexibility index (Phi) is 1.54. The third kappa shape index (κ3) is 1.29. The van der Waals surface area contributed by atoms with Crippen LogP contribution in [-0.2, 0) is 13.5 Å². The molecule has 0 aliphatic rings. The summed E-state index contributed by atoms with van der Waals surface area (Å²) in [6, 6.07) is 0. The molecular formula is C5H7N7. The molecule has 0 aliphatic carbocycles. The van der Waals surface area contributed by atoms with Crippen molar-refractivity contribution in [2.24, 2.45) is 7.05 Å². The van der Waals surface area contributed by atoms with Crippen molar-refractivity contribution in [1.29, 1.82) is 0 Å². The number of hydrogen-bond acceptors (Lipinski definition) is 5. The number of nitrogens with one attached hydrogen (secondary N) is 1. The number of nitrogens with zero attached hydrogens (tertiary/aromatic N) is 6. The normalized spacial score (nSPS) is 10.4. The molecule has 7 nitrogen and oxygen atoms in total. The molecular weight excluding hydrogens is 158 g/mol. The van der Waals surface area contributed by atoms with E-state index in [-0.39, 0.29) is 0 Å². The Labute approximate surface area is 67.8 Å². The van der Waals surface area contributed by atoms with Gasteiger partial charge in [-0.25, -0.2) is 0 Å². The summed E-state index contributed by atoms with van der Waals surface area (Å²) < 4.78 is 1.63. The molecule has 7 heteroatoms. The highest BCUT2D eigenvalue weighted by atomic mass is 15.5. The average molecular weight is 165 g/mol. The second kappa shape index (κ2) is 2.68. The lowest BCUT2D eigenvalue weighted by atomic mass is 10.3. The van der Waals surface area contributed by atoms with E-state index in [1.54, 1.807) is 4.68 Å². The van der Waals surface area contributed by atoms with Crippen LogP contribution in [0.1, 0.15) is 11.5 Å². The van der Waals surface area contributed by atoms with Crippen molar-refractivity contribution in [3.63, 3.8) is 0 Å². The van der Waals surface area contributed by atoms with Crippen LogP contribution in [0.4, 0.5) is 0 Å². The van der Waals surface area contributed by atoms with E-state index in [1.165, 1.54) is 0 Å². The van der Waals surface area contributed by atoms with Gasteiger partial charge in [-0.3, -0.25) is 4.68 Å². The molecule has 2 heterocycles. The molecule has 0 unspecified atom stereocenters. The summed E-state index contributed by atoms with van der Waals surface area (Å²) in [6.07, 6.45) is 2.38. The SMILES string of the molecule is Cn1cc(Cc2nn[nH]n2)nn1. The summed E-state index contributed by atoms with van der Waals surface area (Å²) in [5.74, 6) is 0.621. The van der Waals surface area contributed by atoms with Crippen LogP contribution in [0.2, 0.25) is 0 Å². The number of hydrogen-bond donors (Lipinski definition) is 1. The third-order valence-electron chi connectivity index (χ3n) is 1.38. The van der Waals surface area contributed by atoms with E-state index in [0.717, 1.165) is 5.69 Å². The first kappa shape index (κ1) is 6.89. The van der Waals surface area contributed by atoms with Crippen molar-refractivity contribution >= 4 is 0 Å². The fourth-order valence-electron chi connectivity index (χ4n) is 0.896. The van der Waals surface area contributed by atoms with Gasteiger partial charge < -0.3 is 0 Å². The zero-order valence-corrected chi connectivity index (χ0v) is 6.47. The predicted octanol–water partition coefficient (Wildman–Crippen LogP) is -1.08. The van der Waals surface area contributed by atoms with E-state index in [2.05, 4.69) is 30.9 Å². The Morgan fingerprint density at radius 1 is 1.50 bits per heavy atom. The fourth-order valence-corrected chi connectivity index (χ4v) is 0.896. The van der Waals surface area contributed by atoms with Gasteiger partial charge in [-0.05, 0) is 0 Å². The van der Waals surface area contributed by atoms with Gasteiger partial charge in [-0.2, -0.15) is 5.21 Å². The number of aryl methyl sites for hydroxylation is 1. The Morgan fingerprint density at radius 2 is 2.42 bits per heavy atom. The van der Waals surface area contributed by atoms with Gasteiger partial charge in [-0.15, -0.1) is 15.3 Å². The molecule has 0 fully saturated rings. The molecule has 2 rings (SSSR count). The van der Waals surface area contributed by atoms with Crippen LogP contribution in [0.3, 0.4) is 0 Å². The van der Waals surface area contributed by atoms with Gasteiger partial charge in [0, 0.05) is 13.2 Å². The highest BCUT2D eigenvalue weighted by Gasteiger charge is 2.03. The molecule has 2 aromatic heterocycles. The van der Waals surface area contributed by atoms with Crippen molar-refractivity contribution in [1.82, 2.24) is 35.6 Å². The molecule has 0 aliphatic heterocycles. The van der Waals surface area contributed by atoms with E-state index >= 15 is 0 Å². The summed E-state index contributed by atoms with van der Waals surface area (Å²) in [5.41, 5.74) is 0.832. The molecule has 0 atom stereocenters. The number of aromatic amines is 1. The van der Waals surface area contributed by atoms with Crippen molar-refractivity contribution in [3.05, 3.63) is 17.7 Å². The molecule has 0 spiro atoms. The van der Waals surface area contributed by atoms with Gasteiger partial charge in [0.1, 0.15) is 0 Å². The van der Waals surface area contributed by atoms with Crippen LogP contribution in [-0.4, -0.2) is 35.6 Å². The summed E-state index contributed by atoms with van der Waals surface area (Å²) in [4.78, 5) is 0. The second-order valence-corrected chi connectivity index (χ2v) is 2.39. The summed E-state index contributed by atoms with van der Waals surface area (Å²) in [7, 11) is 1.81. The molecule has 62 valence electrons. The average Bonchev–Trinajstić information content (AvgIpc) is 2.63. The Bertz CT molecular complexity index is 348. The Morgan fingerprint density at radius 3 is 3.00 bits per heavy atom. The summed E-state index contributed by atoms with van der Waals surface area (Å²) in [5, 5.41) is 21.1. The molecule has 0 bridgehead atoms. The first-order chi connectivity index (χ1) is 5.84. The molecule has 0 saturated heterocycles. The van der Waals surface area contributed by atoms with Gasteiger partial charge in [0.05, 0.1) is 12.1 Å². The van der Waals surface area contributed by atoms with Crippen molar-refractivity contribution in [2.75, 3.05) is 0 Å². The van der Waals surface area contributed by atoms with Crippen LogP contribution in [0.25, 0.3) is 0 Å². The highest BCUT2D eigenvalue weighted by Crippen LogP contribution is 1.97. The maximum absolute atomic E-state index is 3.88. The number of aromatic nitrogens is 7. The van der Waals surface area contributed by atoms with Crippen LogP contribution < -0.4 is 0 Å². The molecule has 1 N–H and O–H groups in total. The Balaban J connectivity index is 2.14. The Hall–Kier alpha value is -1.79. The van der Waals surface area contributed by atoms with Crippen LogP contribution in [0, 0.1) is 0 Å². The maximum Gasteiger partial charge on any atom is 0.180 e. The number of rotatable bonds is 2. The van der Waals surface area contributed by atoms with E-state index < -0.39 is 0 Å². The summed E-state index contributed by atoms with van der Waals surface area (Å²) >= 11 is 0.